The van der Waals surface area contributed by atoms with E-state index in [4.69, 9.17) is 14.1 Å². The zero-order chi connectivity index (χ0) is 20.2. The first-order valence-electron chi connectivity index (χ1n) is 9.09. The van der Waals surface area contributed by atoms with E-state index in [2.05, 4.69) is 10.5 Å². The number of furan rings is 1. The van der Waals surface area contributed by atoms with Gasteiger partial charge < -0.3 is 9.15 Å². The first-order chi connectivity index (χ1) is 14.2. The molecule has 4 aromatic rings. The second kappa shape index (κ2) is 7.98. The molecule has 0 radical (unpaired) electrons. The molecule has 0 aliphatic heterocycles. The number of amides is 1. The van der Waals surface area contributed by atoms with Crippen LogP contribution in [0.4, 0.5) is 0 Å². The lowest BCUT2D eigenvalue weighted by Gasteiger charge is -2.11. The van der Waals surface area contributed by atoms with Crippen molar-refractivity contribution in [3.8, 4) is 17.0 Å². The summed E-state index contributed by atoms with van der Waals surface area (Å²) in [7, 11) is 1.61. The highest BCUT2D eigenvalue weighted by Gasteiger charge is 2.15. The molecular weight excluding hydrogens is 366 g/mol. The van der Waals surface area contributed by atoms with Gasteiger partial charge in [-0.15, -0.1) is 0 Å². The number of nitrogens with zero attached hydrogens (tertiary/aromatic N) is 2. The van der Waals surface area contributed by atoms with Crippen LogP contribution in [0.1, 0.15) is 21.9 Å². The Labute approximate surface area is 167 Å². The van der Waals surface area contributed by atoms with E-state index in [1.807, 2.05) is 61.5 Å². The Balaban J connectivity index is 1.72. The average molecular weight is 385 g/mol. The van der Waals surface area contributed by atoms with Crippen molar-refractivity contribution in [2.24, 2.45) is 5.10 Å². The minimum Gasteiger partial charge on any atom is -0.496 e. The largest absolute Gasteiger partial charge is 0.496 e. The number of ether oxygens (including phenoxy) is 1. The molecule has 4 rings (SSSR count). The molecule has 2 heterocycles. The maximum atomic E-state index is 12.9. The van der Waals surface area contributed by atoms with Crippen molar-refractivity contribution in [3.63, 3.8) is 0 Å². The number of nitrogens with one attached hydrogen (secondary N) is 1. The molecule has 0 fully saturated rings. The molecule has 6 nitrogen and oxygen atoms in total. The van der Waals surface area contributed by atoms with Gasteiger partial charge in [0.2, 0.25) is 0 Å². The standard InChI is InChI=1S/C23H19N3O3/c1-15-11-12-16(29-15)14-24-26-23(27)19-13-21(18-8-4-6-10-22(18)28-2)25-20-9-5-3-7-17(19)20/h3-14H,1-2H3,(H,26,27)/b24-14+. The van der Waals surface area contributed by atoms with Crippen molar-refractivity contribution in [3.05, 3.63) is 83.8 Å². The zero-order valence-electron chi connectivity index (χ0n) is 16.0. The van der Waals surface area contributed by atoms with Crippen molar-refractivity contribution in [1.82, 2.24) is 10.4 Å². The number of carbonyl (C=O) groups excluding carboxylic acids is 1. The highest BCUT2D eigenvalue weighted by Crippen LogP contribution is 2.31. The average Bonchev–Trinajstić information content (AvgIpc) is 3.17. The highest BCUT2D eigenvalue weighted by atomic mass is 16.5. The van der Waals surface area contributed by atoms with Crippen molar-refractivity contribution >= 4 is 23.0 Å². The summed E-state index contributed by atoms with van der Waals surface area (Å²) < 4.78 is 10.9. The Morgan fingerprint density at radius 2 is 1.90 bits per heavy atom. The van der Waals surface area contributed by atoms with E-state index < -0.39 is 0 Å². The zero-order valence-corrected chi connectivity index (χ0v) is 16.0. The van der Waals surface area contributed by atoms with Gasteiger partial charge in [-0.3, -0.25) is 4.79 Å². The third kappa shape index (κ3) is 3.87. The predicted octanol–water partition coefficient (Wildman–Crippen LogP) is 4.58. The Morgan fingerprint density at radius 1 is 1.10 bits per heavy atom. The van der Waals surface area contributed by atoms with E-state index in [1.54, 1.807) is 19.2 Å². The maximum absolute atomic E-state index is 12.9. The number of benzene rings is 2. The molecule has 1 N–H and O–H groups in total. The SMILES string of the molecule is COc1ccccc1-c1cc(C(=O)N/N=C/c2ccc(C)o2)c2ccccc2n1. The lowest BCUT2D eigenvalue weighted by Crippen LogP contribution is -2.18. The highest BCUT2D eigenvalue weighted by molar-refractivity contribution is 6.07. The number of methoxy groups -OCH3 is 1. The molecule has 0 atom stereocenters. The summed E-state index contributed by atoms with van der Waals surface area (Å²) in [6, 6.07) is 20.4. The Morgan fingerprint density at radius 3 is 2.69 bits per heavy atom. The first-order valence-corrected chi connectivity index (χ1v) is 9.09. The summed E-state index contributed by atoms with van der Waals surface area (Å²) in [5.41, 5.74) is 5.22. The molecule has 144 valence electrons. The molecule has 29 heavy (non-hydrogen) atoms. The normalized spacial score (nSPS) is 11.1. The smallest absolute Gasteiger partial charge is 0.272 e. The number of aromatic nitrogens is 1. The van der Waals surface area contributed by atoms with Crippen molar-refractivity contribution < 1.29 is 13.9 Å². The molecular formula is C23H19N3O3. The number of pyridine rings is 1. The second-order valence-electron chi connectivity index (χ2n) is 6.42. The topological polar surface area (TPSA) is 76.7 Å². The van der Waals surface area contributed by atoms with E-state index in [-0.39, 0.29) is 5.91 Å². The van der Waals surface area contributed by atoms with Gasteiger partial charge in [-0.2, -0.15) is 5.10 Å². The maximum Gasteiger partial charge on any atom is 0.272 e. The Bertz CT molecular complexity index is 1210. The fraction of sp³-hybridized carbons (Fsp3) is 0.0870. The monoisotopic (exact) mass is 385 g/mol. The number of para-hydroxylation sites is 2. The third-order valence-electron chi connectivity index (χ3n) is 4.46. The number of carbonyl (C=O) groups is 1. The van der Waals surface area contributed by atoms with Crippen LogP contribution in [0.3, 0.4) is 0 Å². The van der Waals surface area contributed by atoms with Gasteiger partial charge in [0.05, 0.1) is 30.1 Å². The fourth-order valence-electron chi connectivity index (χ4n) is 3.10. The Kier molecular flexibility index (Phi) is 5.07. The number of hydrogen-bond donors (Lipinski definition) is 1. The van der Waals surface area contributed by atoms with Crippen LogP contribution in [0, 0.1) is 6.92 Å². The van der Waals surface area contributed by atoms with E-state index >= 15 is 0 Å². The quantitative estimate of drug-likeness (QED) is 0.403. The summed E-state index contributed by atoms with van der Waals surface area (Å²) in [5, 5.41) is 4.75. The number of hydrazone groups is 1. The number of hydrogen-bond acceptors (Lipinski definition) is 5. The molecule has 2 aromatic heterocycles. The van der Waals surface area contributed by atoms with Crippen LogP contribution in [-0.2, 0) is 0 Å². The molecule has 0 spiro atoms. The lowest BCUT2D eigenvalue weighted by atomic mass is 10.0. The molecule has 2 aromatic carbocycles. The van der Waals surface area contributed by atoms with E-state index in [0.29, 0.717) is 28.3 Å². The summed E-state index contributed by atoms with van der Waals surface area (Å²) in [5.74, 6) is 1.70. The van der Waals surface area contributed by atoms with E-state index in [0.717, 1.165) is 16.7 Å². The van der Waals surface area contributed by atoms with Crippen LogP contribution in [-0.4, -0.2) is 24.2 Å². The summed E-state index contributed by atoms with van der Waals surface area (Å²) >= 11 is 0. The van der Waals surface area contributed by atoms with Gasteiger partial charge in [0.25, 0.3) is 5.91 Å². The van der Waals surface area contributed by atoms with Crippen LogP contribution in [0.25, 0.3) is 22.2 Å². The van der Waals surface area contributed by atoms with Crippen LogP contribution in [0.15, 0.2) is 76.2 Å². The molecule has 0 saturated heterocycles. The molecule has 0 saturated carbocycles. The van der Waals surface area contributed by atoms with Gasteiger partial charge in [0.1, 0.15) is 17.3 Å². The molecule has 1 amide bonds. The van der Waals surface area contributed by atoms with Gasteiger partial charge >= 0.3 is 0 Å². The summed E-state index contributed by atoms with van der Waals surface area (Å²) in [6.45, 7) is 1.85. The van der Waals surface area contributed by atoms with Gasteiger partial charge in [0, 0.05) is 10.9 Å². The molecule has 0 bridgehead atoms. The first kappa shape index (κ1) is 18.4. The van der Waals surface area contributed by atoms with Gasteiger partial charge in [0.15, 0.2) is 0 Å². The second-order valence-corrected chi connectivity index (χ2v) is 6.42. The Hall–Kier alpha value is -3.93. The van der Waals surface area contributed by atoms with E-state index in [9.17, 15) is 4.79 Å². The molecule has 6 heteroatoms. The lowest BCUT2D eigenvalue weighted by molar-refractivity contribution is 0.0956. The van der Waals surface area contributed by atoms with Crippen molar-refractivity contribution in [1.29, 1.82) is 0 Å². The van der Waals surface area contributed by atoms with Crippen LogP contribution >= 0.6 is 0 Å². The van der Waals surface area contributed by atoms with Gasteiger partial charge in [-0.1, -0.05) is 30.3 Å². The van der Waals surface area contributed by atoms with Crippen LogP contribution in [0.5, 0.6) is 5.75 Å². The summed E-state index contributed by atoms with van der Waals surface area (Å²) in [6.07, 6.45) is 1.47. The molecule has 0 aliphatic rings. The minimum atomic E-state index is -0.334. The van der Waals surface area contributed by atoms with Crippen molar-refractivity contribution in [2.45, 2.75) is 6.92 Å². The van der Waals surface area contributed by atoms with Crippen LogP contribution < -0.4 is 10.2 Å². The fourth-order valence-corrected chi connectivity index (χ4v) is 3.10. The third-order valence-corrected chi connectivity index (χ3v) is 4.46. The number of fused-ring (bicyclic) bond motifs is 1. The number of rotatable bonds is 5. The predicted molar refractivity (Wildman–Crippen MR) is 112 cm³/mol. The van der Waals surface area contributed by atoms with Gasteiger partial charge in [-0.05, 0) is 43.3 Å². The molecule has 0 unspecified atom stereocenters. The molecule has 0 aliphatic carbocycles. The summed E-state index contributed by atoms with van der Waals surface area (Å²) in [4.78, 5) is 17.6. The minimum absolute atomic E-state index is 0.334. The number of aryl methyl sites for hydroxylation is 1. The van der Waals surface area contributed by atoms with Gasteiger partial charge in [-0.25, -0.2) is 10.4 Å². The van der Waals surface area contributed by atoms with Crippen molar-refractivity contribution in [2.75, 3.05) is 7.11 Å². The van der Waals surface area contributed by atoms with E-state index in [1.165, 1.54) is 6.21 Å². The van der Waals surface area contributed by atoms with Crippen LogP contribution in [0.2, 0.25) is 0 Å².